The third-order valence-electron chi connectivity index (χ3n) is 3.12. The number of aromatic nitrogens is 2. The van der Waals surface area contributed by atoms with Crippen molar-refractivity contribution in [2.45, 2.75) is 39.8 Å². The molecule has 2 rings (SSSR count). The Hall–Kier alpha value is -1.13. The summed E-state index contributed by atoms with van der Waals surface area (Å²) in [7, 11) is 0. The van der Waals surface area contributed by atoms with Crippen molar-refractivity contribution < 1.29 is 0 Å². The topological polar surface area (TPSA) is 43.8 Å². The lowest BCUT2D eigenvalue weighted by Gasteiger charge is -2.13. The molecule has 4 heteroatoms. The monoisotopic (exact) mass is 263 g/mol. The van der Waals surface area contributed by atoms with Gasteiger partial charge in [-0.3, -0.25) is 0 Å². The molecule has 0 aromatic carbocycles. The normalized spacial score (nSPS) is 13.2. The van der Waals surface area contributed by atoms with E-state index >= 15 is 0 Å². The first-order valence-corrected chi connectivity index (χ1v) is 7.32. The summed E-state index contributed by atoms with van der Waals surface area (Å²) in [5.41, 5.74) is 8.48. The molecule has 0 aliphatic carbocycles. The summed E-state index contributed by atoms with van der Waals surface area (Å²) in [6.07, 6.45) is 5.23. The summed E-state index contributed by atoms with van der Waals surface area (Å²) in [5.74, 6) is 0.465. The van der Waals surface area contributed by atoms with Crippen LogP contribution in [0.2, 0.25) is 0 Å². The van der Waals surface area contributed by atoms with Crippen LogP contribution in [0.1, 0.15) is 43.1 Å². The van der Waals surface area contributed by atoms with Gasteiger partial charge in [0.05, 0.1) is 17.2 Å². The number of nitrogens with zero attached hydrogens (tertiary/aromatic N) is 2. The fraction of sp³-hybridized carbons (Fsp3) is 0.500. The van der Waals surface area contributed by atoms with Gasteiger partial charge in [0, 0.05) is 23.8 Å². The lowest BCUT2D eigenvalue weighted by molar-refractivity contribution is 0.513. The zero-order chi connectivity index (χ0) is 13.1. The average Bonchev–Trinajstić information content (AvgIpc) is 2.97. The molecular weight excluding hydrogens is 242 g/mol. The third-order valence-corrected chi connectivity index (χ3v) is 4.16. The zero-order valence-corrected chi connectivity index (χ0v) is 12.1. The number of aryl methyl sites for hydroxylation is 1. The maximum absolute atomic E-state index is 6.14. The molecule has 18 heavy (non-hydrogen) atoms. The number of thiazole rings is 1. The first-order chi connectivity index (χ1) is 8.60. The van der Waals surface area contributed by atoms with E-state index in [-0.39, 0.29) is 6.04 Å². The van der Waals surface area contributed by atoms with Crippen molar-refractivity contribution in [3.05, 3.63) is 40.1 Å². The second-order valence-corrected chi connectivity index (χ2v) is 5.92. The summed E-state index contributed by atoms with van der Waals surface area (Å²) in [5, 5.41) is 3.34. The molecule has 0 saturated carbocycles. The van der Waals surface area contributed by atoms with Crippen LogP contribution in [0.5, 0.6) is 0 Å². The van der Waals surface area contributed by atoms with E-state index in [1.807, 2.05) is 0 Å². The Morgan fingerprint density at radius 1 is 1.44 bits per heavy atom. The van der Waals surface area contributed by atoms with Gasteiger partial charge in [-0.25, -0.2) is 4.98 Å². The van der Waals surface area contributed by atoms with E-state index in [2.05, 4.69) is 54.2 Å². The van der Waals surface area contributed by atoms with Crippen LogP contribution in [0.3, 0.4) is 0 Å². The second-order valence-electron chi connectivity index (χ2n) is 4.97. The smallest absolute Gasteiger partial charge is 0.0926 e. The number of hydrogen-bond acceptors (Lipinski definition) is 3. The highest BCUT2D eigenvalue weighted by atomic mass is 32.1. The standard InChI is InChI=1S/C14H21N3S/c1-4-13-16-12(9-18-13)8-17-6-5-11(7-17)14(15)10(2)3/h5-7,9-10,14H,4,8,15H2,1-3H3. The van der Waals surface area contributed by atoms with E-state index in [0.29, 0.717) is 5.92 Å². The minimum absolute atomic E-state index is 0.118. The molecule has 0 bridgehead atoms. The van der Waals surface area contributed by atoms with Crippen molar-refractivity contribution in [3.63, 3.8) is 0 Å². The van der Waals surface area contributed by atoms with Crippen LogP contribution in [-0.4, -0.2) is 9.55 Å². The molecule has 0 spiro atoms. The SMILES string of the molecule is CCc1nc(Cn2ccc(C(N)C(C)C)c2)cs1. The minimum Gasteiger partial charge on any atom is -0.348 e. The maximum Gasteiger partial charge on any atom is 0.0926 e. The molecule has 2 aromatic rings. The largest absolute Gasteiger partial charge is 0.348 e. The van der Waals surface area contributed by atoms with Gasteiger partial charge in [0.15, 0.2) is 0 Å². The minimum atomic E-state index is 0.118. The van der Waals surface area contributed by atoms with Crippen LogP contribution in [-0.2, 0) is 13.0 Å². The highest BCUT2D eigenvalue weighted by molar-refractivity contribution is 7.09. The molecule has 2 N–H and O–H groups in total. The lowest BCUT2D eigenvalue weighted by atomic mass is 10.00. The highest BCUT2D eigenvalue weighted by Crippen LogP contribution is 2.19. The highest BCUT2D eigenvalue weighted by Gasteiger charge is 2.11. The van der Waals surface area contributed by atoms with Gasteiger partial charge in [-0.1, -0.05) is 20.8 Å². The molecule has 0 saturated heterocycles. The fourth-order valence-electron chi connectivity index (χ4n) is 1.91. The molecule has 0 aliphatic heterocycles. The van der Waals surface area contributed by atoms with Crippen LogP contribution in [0, 0.1) is 5.92 Å². The van der Waals surface area contributed by atoms with Gasteiger partial charge in [-0.15, -0.1) is 11.3 Å². The Kier molecular flexibility index (Phi) is 4.19. The van der Waals surface area contributed by atoms with Crippen molar-refractivity contribution in [1.29, 1.82) is 0 Å². The van der Waals surface area contributed by atoms with E-state index in [4.69, 9.17) is 5.73 Å². The summed E-state index contributed by atoms with van der Waals surface area (Å²) < 4.78 is 2.16. The first-order valence-electron chi connectivity index (χ1n) is 6.44. The third kappa shape index (κ3) is 3.00. The van der Waals surface area contributed by atoms with Gasteiger partial charge in [-0.2, -0.15) is 0 Å². The Labute approximate surface area is 113 Å². The van der Waals surface area contributed by atoms with E-state index in [0.717, 1.165) is 18.7 Å². The van der Waals surface area contributed by atoms with Crippen molar-refractivity contribution in [2.24, 2.45) is 11.7 Å². The molecule has 2 aromatic heterocycles. The molecular formula is C14H21N3S. The van der Waals surface area contributed by atoms with Gasteiger partial charge >= 0.3 is 0 Å². The van der Waals surface area contributed by atoms with E-state index in [9.17, 15) is 0 Å². The molecule has 0 fully saturated rings. The van der Waals surface area contributed by atoms with E-state index in [1.54, 1.807) is 11.3 Å². The Balaban J connectivity index is 2.06. The predicted molar refractivity (Wildman–Crippen MR) is 76.8 cm³/mol. The van der Waals surface area contributed by atoms with Crippen molar-refractivity contribution in [2.75, 3.05) is 0 Å². The Morgan fingerprint density at radius 3 is 2.83 bits per heavy atom. The number of rotatable bonds is 5. The maximum atomic E-state index is 6.14. The fourth-order valence-corrected chi connectivity index (χ4v) is 2.65. The van der Waals surface area contributed by atoms with Gasteiger partial charge in [0.1, 0.15) is 0 Å². The van der Waals surface area contributed by atoms with Gasteiger partial charge < -0.3 is 10.3 Å². The molecule has 1 atom stereocenters. The molecule has 3 nitrogen and oxygen atoms in total. The molecule has 2 heterocycles. The van der Waals surface area contributed by atoms with Gasteiger partial charge in [-0.05, 0) is 24.0 Å². The first kappa shape index (κ1) is 13.3. The second kappa shape index (κ2) is 5.67. The van der Waals surface area contributed by atoms with Crippen molar-refractivity contribution >= 4 is 11.3 Å². The average molecular weight is 263 g/mol. The van der Waals surface area contributed by atoms with Crippen LogP contribution in [0.4, 0.5) is 0 Å². The van der Waals surface area contributed by atoms with Crippen LogP contribution in [0.25, 0.3) is 0 Å². The predicted octanol–water partition coefficient (Wildman–Crippen LogP) is 3.21. The summed E-state index contributed by atoms with van der Waals surface area (Å²) >= 11 is 1.74. The summed E-state index contributed by atoms with van der Waals surface area (Å²) in [6, 6.07) is 2.23. The lowest BCUT2D eigenvalue weighted by Crippen LogP contribution is -2.15. The zero-order valence-electron chi connectivity index (χ0n) is 11.3. The quantitative estimate of drug-likeness (QED) is 0.900. The molecule has 1 unspecified atom stereocenters. The van der Waals surface area contributed by atoms with E-state index < -0.39 is 0 Å². The molecule has 0 radical (unpaired) electrons. The summed E-state index contributed by atoms with van der Waals surface area (Å²) in [4.78, 5) is 4.58. The van der Waals surface area contributed by atoms with Gasteiger partial charge in [0.25, 0.3) is 0 Å². The Morgan fingerprint density at radius 2 is 2.22 bits per heavy atom. The van der Waals surface area contributed by atoms with Crippen molar-refractivity contribution in [1.82, 2.24) is 9.55 Å². The Bertz CT molecular complexity index is 499. The van der Waals surface area contributed by atoms with Gasteiger partial charge in [0.2, 0.25) is 0 Å². The number of nitrogens with two attached hydrogens (primary N) is 1. The van der Waals surface area contributed by atoms with E-state index in [1.165, 1.54) is 10.6 Å². The molecule has 0 amide bonds. The van der Waals surface area contributed by atoms with Crippen molar-refractivity contribution in [3.8, 4) is 0 Å². The van der Waals surface area contributed by atoms with Crippen LogP contribution < -0.4 is 5.73 Å². The number of hydrogen-bond donors (Lipinski definition) is 1. The molecule has 98 valence electrons. The van der Waals surface area contributed by atoms with Crippen LogP contribution >= 0.6 is 11.3 Å². The molecule has 0 aliphatic rings. The summed E-state index contributed by atoms with van der Waals surface area (Å²) in [6.45, 7) is 7.27. The van der Waals surface area contributed by atoms with Crippen LogP contribution in [0.15, 0.2) is 23.8 Å².